The van der Waals surface area contributed by atoms with Crippen molar-refractivity contribution >= 4 is 5.78 Å². The molecular weight excluding hydrogens is 232 g/mol. The van der Waals surface area contributed by atoms with Crippen molar-refractivity contribution in [1.82, 2.24) is 0 Å². The molecule has 3 rings (SSSR count). The number of ketones is 1. The van der Waals surface area contributed by atoms with Gasteiger partial charge in [0.2, 0.25) is 5.79 Å². The predicted molar refractivity (Wildman–Crippen MR) is 58.4 cm³/mol. The molecule has 1 spiro atoms. The van der Waals surface area contributed by atoms with Crippen LogP contribution in [0.4, 0.5) is 0 Å². The largest absolute Gasteiger partial charge is 0.343 e. The summed E-state index contributed by atoms with van der Waals surface area (Å²) in [5.74, 6) is -1.15. The lowest BCUT2D eigenvalue weighted by Crippen LogP contribution is -2.24. The Bertz CT molecular complexity index is 631. The van der Waals surface area contributed by atoms with Crippen LogP contribution in [0.1, 0.15) is 33.5 Å². The number of nitriles is 2. The highest BCUT2D eigenvalue weighted by atomic mass is 16.7. The first kappa shape index (κ1) is 10.9. The van der Waals surface area contributed by atoms with Crippen LogP contribution in [-0.2, 0) is 15.3 Å². The van der Waals surface area contributed by atoms with Crippen LogP contribution in [0.3, 0.4) is 0 Å². The van der Waals surface area contributed by atoms with Crippen LogP contribution in [0, 0.1) is 22.7 Å². The molecule has 5 nitrogen and oxygen atoms in total. The first-order valence-corrected chi connectivity index (χ1v) is 5.50. The molecule has 2 aliphatic rings. The Balaban J connectivity index is 2.25. The second kappa shape index (κ2) is 3.64. The van der Waals surface area contributed by atoms with E-state index in [1.54, 1.807) is 0 Å². The van der Waals surface area contributed by atoms with Gasteiger partial charge in [-0.1, -0.05) is 0 Å². The van der Waals surface area contributed by atoms with Crippen molar-refractivity contribution in [3.05, 3.63) is 34.4 Å². The van der Waals surface area contributed by atoms with Gasteiger partial charge in [-0.2, -0.15) is 10.5 Å². The fraction of sp³-hybridized carbons (Fsp3) is 0.308. The lowest BCUT2D eigenvalue weighted by atomic mass is 9.99. The van der Waals surface area contributed by atoms with E-state index in [2.05, 4.69) is 0 Å². The van der Waals surface area contributed by atoms with E-state index >= 15 is 0 Å². The fourth-order valence-corrected chi connectivity index (χ4v) is 2.44. The molecule has 0 N–H and O–H groups in total. The van der Waals surface area contributed by atoms with Crippen LogP contribution in [-0.4, -0.2) is 19.0 Å². The molecule has 0 unspecified atom stereocenters. The third-order valence-corrected chi connectivity index (χ3v) is 3.26. The van der Waals surface area contributed by atoms with E-state index in [-0.39, 0.29) is 23.3 Å². The van der Waals surface area contributed by atoms with Gasteiger partial charge in [0.1, 0.15) is 12.1 Å². The van der Waals surface area contributed by atoms with Crippen molar-refractivity contribution in [1.29, 1.82) is 10.5 Å². The zero-order valence-electron chi connectivity index (χ0n) is 9.40. The highest BCUT2D eigenvalue weighted by Gasteiger charge is 2.48. The van der Waals surface area contributed by atoms with Crippen LogP contribution in [0.5, 0.6) is 0 Å². The number of hydrogen-bond donors (Lipinski definition) is 0. The van der Waals surface area contributed by atoms with Crippen LogP contribution in [0.15, 0.2) is 12.1 Å². The molecule has 1 aliphatic heterocycles. The lowest BCUT2D eigenvalue weighted by Gasteiger charge is -2.21. The number of carbonyl (C=O) groups excluding carboxylic acids is 1. The van der Waals surface area contributed by atoms with Gasteiger partial charge >= 0.3 is 0 Å². The van der Waals surface area contributed by atoms with Crippen LogP contribution in [0.25, 0.3) is 0 Å². The summed E-state index contributed by atoms with van der Waals surface area (Å²) < 4.78 is 11.1. The molecule has 0 atom stereocenters. The fourth-order valence-electron chi connectivity index (χ4n) is 2.44. The van der Waals surface area contributed by atoms with Crippen molar-refractivity contribution in [2.75, 3.05) is 13.2 Å². The molecule has 1 aliphatic carbocycles. The summed E-state index contributed by atoms with van der Waals surface area (Å²) in [5.41, 5.74) is 1.44. The van der Waals surface area contributed by atoms with E-state index < -0.39 is 5.79 Å². The molecular formula is C13H8N2O3. The molecule has 0 aromatic heterocycles. The molecule has 88 valence electrons. The number of hydrogen-bond acceptors (Lipinski definition) is 5. The Labute approximate surface area is 103 Å². The first-order chi connectivity index (χ1) is 8.70. The highest BCUT2D eigenvalue weighted by molar-refractivity contribution is 6.02. The normalized spacial score (nSPS) is 19.6. The number of rotatable bonds is 0. The van der Waals surface area contributed by atoms with Crippen molar-refractivity contribution in [3.8, 4) is 12.1 Å². The first-order valence-electron chi connectivity index (χ1n) is 5.50. The molecule has 18 heavy (non-hydrogen) atoms. The second-order valence-corrected chi connectivity index (χ2v) is 4.22. The van der Waals surface area contributed by atoms with Gasteiger partial charge in [0.15, 0.2) is 5.78 Å². The maximum Gasteiger partial charge on any atom is 0.203 e. The third-order valence-electron chi connectivity index (χ3n) is 3.26. The zero-order chi connectivity index (χ0) is 12.8. The summed E-state index contributed by atoms with van der Waals surface area (Å²) in [6, 6.07) is 6.86. The van der Waals surface area contributed by atoms with Gasteiger partial charge < -0.3 is 9.47 Å². The van der Waals surface area contributed by atoms with E-state index in [1.807, 2.05) is 12.1 Å². The standard InChI is InChI=1S/C13H8N2O3/c14-6-8-3-10-11(4-9(8)7-15)13(5-12(10)16)17-1-2-18-13/h3-4H,1-2,5H2. The number of fused-ring (bicyclic) bond motifs is 2. The molecule has 1 heterocycles. The third kappa shape index (κ3) is 1.29. The van der Waals surface area contributed by atoms with Gasteiger partial charge in [0, 0.05) is 11.1 Å². The summed E-state index contributed by atoms with van der Waals surface area (Å²) in [6.07, 6.45) is 0.113. The Morgan fingerprint density at radius 1 is 1.11 bits per heavy atom. The predicted octanol–water partition coefficient (Wildman–Crippen LogP) is 1.22. The topological polar surface area (TPSA) is 83.1 Å². The lowest BCUT2D eigenvalue weighted by molar-refractivity contribution is -0.157. The van der Waals surface area contributed by atoms with E-state index in [0.29, 0.717) is 24.3 Å². The molecule has 0 bridgehead atoms. The number of nitrogens with zero attached hydrogens (tertiary/aromatic N) is 2. The Hall–Kier alpha value is -2.21. The van der Waals surface area contributed by atoms with Gasteiger partial charge in [-0.25, -0.2) is 0 Å². The van der Waals surface area contributed by atoms with Crippen molar-refractivity contribution in [3.63, 3.8) is 0 Å². The van der Waals surface area contributed by atoms with Gasteiger partial charge in [-0.05, 0) is 12.1 Å². The molecule has 1 saturated heterocycles. The minimum atomic E-state index is -1.04. The van der Waals surface area contributed by atoms with Gasteiger partial charge in [-0.15, -0.1) is 0 Å². The maximum atomic E-state index is 11.9. The van der Waals surface area contributed by atoms with Crippen LogP contribution in [0.2, 0.25) is 0 Å². The molecule has 0 amide bonds. The van der Waals surface area contributed by atoms with Gasteiger partial charge in [0.25, 0.3) is 0 Å². The van der Waals surface area contributed by atoms with E-state index in [0.717, 1.165) is 0 Å². The van der Waals surface area contributed by atoms with E-state index in [9.17, 15) is 4.79 Å². The number of ether oxygens (including phenoxy) is 2. The minimum Gasteiger partial charge on any atom is -0.343 e. The SMILES string of the molecule is N#Cc1cc2c(cc1C#N)C1(CC2=O)OCCO1. The monoisotopic (exact) mass is 240 g/mol. The molecule has 0 radical (unpaired) electrons. The van der Waals surface area contributed by atoms with Gasteiger partial charge in [-0.3, -0.25) is 4.79 Å². The van der Waals surface area contributed by atoms with Gasteiger partial charge in [0.05, 0.1) is 30.8 Å². The second-order valence-electron chi connectivity index (χ2n) is 4.22. The molecule has 0 saturated carbocycles. The Kier molecular flexibility index (Phi) is 2.21. The average molecular weight is 240 g/mol. The summed E-state index contributed by atoms with van der Waals surface area (Å²) in [5, 5.41) is 18.0. The highest BCUT2D eigenvalue weighted by Crippen LogP contribution is 2.44. The summed E-state index contributed by atoms with van der Waals surface area (Å²) in [4.78, 5) is 11.9. The van der Waals surface area contributed by atoms with Crippen molar-refractivity contribution < 1.29 is 14.3 Å². The van der Waals surface area contributed by atoms with E-state index in [1.165, 1.54) is 12.1 Å². The number of benzene rings is 1. The summed E-state index contributed by atoms with van der Waals surface area (Å²) in [7, 11) is 0. The number of Topliss-reactive ketones (excluding diaryl/α,β-unsaturated/α-hetero) is 1. The average Bonchev–Trinajstić information content (AvgIpc) is 2.95. The molecule has 1 aromatic rings. The van der Waals surface area contributed by atoms with Crippen LogP contribution < -0.4 is 0 Å². The van der Waals surface area contributed by atoms with Crippen LogP contribution >= 0.6 is 0 Å². The quantitative estimate of drug-likeness (QED) is 0.680. The maximum absolute atomic E-state index is 11.9. The van der Waals surface area contributed by atoms with Crippen molar-refractivity contribution in [2.24, 2.45) is 0 Å². The summed E-state index contributed by atoms with van der Waals surface area (Å²) >= 11 is 0. The Morgan fingerprint density at radius 3 is 2.33 bits per heavy atom. The molecule has 5 heteroatoms. The number of carbonyl (C=O) groups is 1. The summed E-state index contributed by atoms with van der Waals surface area (Å²) in [6.45, 7) is 0.850. The van der Waals surface area contributed by atoms with E-state index in [4.69, 9.17) is 20.0 Å². The van der Waals surface area contributed by atoms with Crippen molar-refractivity contribution in [2.45, 2.75) is 12.2 Å². The molecule has 1 fully saturated rings. The molecule has 1 aromatic carbocycles. The Morgan fingerprint density at radius 2 is 1.72 bits per heavy atom. The minimum absolute atomic E-state index is 0.113. The smallest absolute Gasteiger partial charge is 0.203 e. The zero-order valence-corrected chi connectivity index (χ0v) is 9.40.